The zero-order chi connectivity index (χ0) is 58.4. The van der Waals surface area contributed by atoms with Crippen molar-refractivity contribution in [3.63, 3.8) is 0 Å². The van der Waals surface area contributed by atoms with Crippen molar-refractivity contribution >= 4 is 123 Å². The molecule has 76 heavy (non-hydrogen) atoms. The number of carboxylic acids is 5. The minimum atomic E-state index is -5.19. The fourth-order valence-electron chi connectivity index (χ4n) is 5.12. The summed E-state index contributed by atoms with van der Waals surface area (Å²) in [6.45, 7) is 1.40. The second kappa shape index (κ2) is 40.0. The fourth-order valence-corrected chi connectivity index (χ4v) is 5.84. The highest BCUT2D eigenvalue weighted by Gasteiger charge is 2.33. The average Bonchev–Trinajstić information content (AvgIpc) is 3.65. The number of alkyl halides is 3. The molecule has 3 atom stereocenters. The number of alkyl carbamates (subject to hydrolysis) is 1. The van der Waals surface area contributed by atoms with Crippen molar-refractivity contribution in [1.82, 2.24) is 15.7 Å². The molecule has 0 spiro atoms. The standard InChI is InChI=1S/C17H21IN2O7.C13H21NO8.C11H8INO4.C2HF3O2.CO2/c18-12-6-4-11(5-7-12)15(23)19-8-2-1-3-9-27-17(26)20-13(16(24)25)10-14(21)22;14-6-2-1-3-12(21-8-15)22-11(18)7-9(13(19)20)4-5-10(16)17;12-8-3-1-7(2-4-8)11(16)17-13-9(14)5-6-10(13)15;3-2(4,5)1(6)7;2-1-3/h4-7,13H,1-3,8-10H2,(H,19,23)(H,20,26)(H,21,22)(H,24,25);8-9,12H,1-7,14H2,(H,16,17)(H,19,20);1-4H,5-6H2;(H,6,7);/t13-;9-,12+;;;/m01.../s1/i18-2;;12-2;;. The first-order chi connectivity index (χ1) is 35.6. The summed E-state index contributed by atoms with van der Waals surface area (Å²) < 4.78 is 47.9. The fraction of sp³-hybridized carbons (Fsp3) is 0.432. The van der Waals surface area contributed by atoms with E-state index in [9.17, 15) is 65.9 Å². The number of benzene rings is 2. The summed E-state index contributed by atoms with van der Waals surface area (Å²) in [7, 11) is 0. The number of halogens is 5. The van der Waals surface area contributed by atoms with Crippen molar-refractivity contribution in [1.29, 1.82) is 0 Å². The van der Waals surface area contributed by atoms with E-state index in [0.717, 1.165) is 13.6 Å². The number of ether oxygens (including phenoxy) is 3. The largest absolute Gasteiger partial charge is 0.542 e. The van der Waals surface area contributed by atoms with Crippen molar-refractivity contribution in [2.24, 2.45) is 5.92 Å². The third-order valence-corrected chi connectivity index (χ3v) is 10.2. The number of quaternary nitrogens is 1. The lowest BCUT2D eigenvalue weighted by molar-refractivity contribution is -0.368. The molecule has 4 amide bonds. The Balaban J connectivity index is 0. The van der Waals surface area contributed by atoms with Crippen LogP contribution >= 0.6 is 45.2 Å². The number of aliphatic carboxylic acids is 5. The molecule has 0 aliphatic carbocycles. The van der Waals surface area contributed by atoms with E-state index in [1.54, 1.807) is 36.4 Å². The normalized spacial score (nSPS) is 12.3. The van der Waals surface area contributed by atoms with Gasteiger partial charge in [-0.1, -0.05) is 0 Å². The van der Waals surface area contributed by atoms with E-state index in [0.29, 0.717) is 61.4 Å². The van der Waals surface area contributed by atoms with Crippen molar-refractivity contribution in [3.05, 3.63) is 66.8 Å². The Hall–Kier alpha value is -7.33. The van der Waals surface area contributed by atoms with Crippen LogP contribution in [0, 0.1) is 13.1 Å². The van der Waals surface area contributed by atoms with Gasteiger partial charge in [0.2, 0.25) is 6.29 Å². The maximum atomic E-state index is 11.9. The topological polar surface area (TPSA) is 435 Å². The average molecular weight is 1310 g/mol. The van der Waals surface area contributed by atoms with Gasteiger partial charge in [0.25, 0.3) is 24.2 Å². The van der Waals surface area contributed by atoms with Gasteiger partial charge in [0, 0.05) is 44.9 Å². The van der Waals surface area contributed by atoms with Crippen LogP contribution in [0.3, 0.4) is 0 Å². The first kappa shape index (κ1) is 70.7. The van der Waals surface area contributed by atoms with Gasteiger partial charge in [-0.2, -0.15) is 22.8 Å². The van der Waals surface area contributed by atoms with Crippen LogP contribution in [0.4, 0.5) is 18.0 Å². The molecule has 2 aromatic carbocycles. The van der Waals surface area contributed by atoms with Crippen LogP contribution in [0.1, 0.15) is 97.8 Å². The highest BCUT2D eigenvalue weighted by molar-refractivity contribution is 14.1. The van der Waals surface area contributed by atoms with E-state index in [1.807, 2.05) is 17.4 Å². The predicted octanol–water partition coefficient (Wildman–Crippen LogP) is 1.47. The first-order valence-electron chi connectivity index (χ1n) is 21.7. The van der Waals surface area contributed by atoms with Gasteiger partial charge in [0.05, 0.1) is 37.5 Å². The Labute approximate surface area is 455 Å². The highest BCUT2D eigenvalue weighted by Crippen LogP contribution is 2.17. The number of carboxylic acid groups (broad SMARTS) is 5. The number of rotatable bonds is 26. The zero-order valence-electron chi connectivity index (χ0n) is 39.6. The molecule has 420 valence electrons. The van der Waals surface area contributed by atoms with E-state index in [1.165, 1.54) is 0 Å². The molecular weight excluding hydrogens is 1260 g/mol. The quantitative estimate of drug-likeness (QED) is 0.0175. The Kier molecular flexibility index (Phi) is 37.3. The summed E-state index contributed by atoms with van der Waals surface area (Å²) in [5.41, 5.74) is 4.54. The molecule has 2 aromatic rings. The molecule has 1 aliphatic heterocycles. The van der Waals surface area contributed by atoms with Gasteiger partial charge in [-0.3, -0.25) is 38.4 Å². The van der Waals surface area contributed by atoms with Gasteiger partial charge < -0.3 is 65.7 Å². The predicted molar refractivity (Wildman–Crippen MR) is 256 cm³/mol. The number of nitrogens with zero attached hydrogens (tertiary/aromatic N) is 1. The van der Waals surface area contributed by atoms with Crippen LogP contribution in [-0.4, -0.2) is 142 Å². The summed E-state index contributed by atoms with van der Waals surface area (Å²) in [6.07, 6.45) is -4.92. The smallest absolute Gasteiger partial charge is 0.430 e. The van der Waals surface area contributed by atoms with Crippen LogP contribution in [0.5, 0.6) is 0 Å². The molecule has 0 bridgehead atoms. The zero-order valence-corrected chi connectivity index (χ0v) is 43.9. The molecule has 0 saturated carbocycles. The number of esters is 1. The Morgan fingerprint density at radius 1 is 0.776 bits per heavy atom. The van der Waals surface area contributed by atoms with E-state index >= 15 is 0 Å². The Bertz CT molecular complexity index is 2270. The van der Waals surface area contributed by atoms with Crippen molar-refractivity contribution in [2.45, 2.75) is 95.6 Å². The number of imide groups is 1. The van der Waals surface area contributed by atoms with Gasteiger partial charge in [0.15, 0.2) is 0 Å². The SMILES string of the molecule is O=C(O)C[C@H](NC(=O)OCCCCCNC(=O)c1ccc([125I])cc1)C(=O)O.O=C(ON1C(=O)CCC1=O)c1ccc([125I])cc1.O=C([O-])C(F)(F)F.O=C=O.[NH3+]CCCC[C@@H](OC=O)OC(=O)C[C@@H](CCC(=O)O)C(=O)O. The van der Waals surface area contributed by atoms with Crippen LogP contribution < -0.4 is 21.5 Å². The summed E-state index contributed by atoms with van der Waals surface area (Å²) >= 11 is 4.26. The van der Waals surface area contributed by atoms with Crippen LogP contribution in [0.15, 0.2) is 48.5 Å². The maximum Gasteiger partial charge on any atom is 0.430 e. The molecule has 0 unspecified atom stereocenters. The third-order valence-electron chi connectivity index (χ3n) is 8.79. The van der Waals surface area contributed by atoms with Crippen molar-refractivity contribution in [3.8, 4) is 0 Å². The highest BCUT2D eigenvalue weighted by atomic mass is 125. The van der Waals surface area contributed by atoms with Crippen molar-refractivity contribution in [2.75, 3.05) is 19.7 Å². The summed E-state index contributed by atoms with van der Waals surface area (Å²) in [6, 6.07) is 12.3. The molecule has 0 aromatic heterocycles. The minimum Gasteiger partial charge on any atom is -0.542 e. The Morgan fingerprint density at radius 2 is 1.30 bits per heavy atom. The van der Waals surface area contributed by atoms with E-state index in [4.69, 9.17) is 54.2 Å². The van der Waals surface area contributed by atoms with Gasteiger partial charge in [0.1, 0.15) is 12.0 Å². The van der Waals surface area contributed by atoms with Gasteiger partial charge in [-0.05, 0) is 132 Å². The second-order valence-corrected chi connectivity index (χ2v) is 17.1. The number of nitrogens with one attached hydrogen (secondary N) is 2. The molecule has 1 heterocycles. The number of carbonyl (C=O) groups excluding carboxylic acids is 10. The van der Waals surface area contributed by atoms with Gasteiger partial charge >= 0.3 is 54.2 Å². The summed E-state index contributed by atoms with van der Waals surface area (Å²) in [5.74, 6) is -12.0. The molecule has 0 radical (unpaired) electrons. The Morgan fingerprint density at radius 3 is 1.75 bits per heavy atom. The molecule has 27 nitrogen and oxygen atoms in total. The number of hydrogen-bond donors (Lipinski definition) is 7. The molecule has 32 heteroatoms. The van der Waals surface area contributed by atoms with Gasteiger partial charge in [-0.25, -0.2) is 14.4 Å². The molecule has 9 N–H and O–H groups in total. The summed E-state index contributed by atoms with van der Waals surface area (Å²) in [5, 5.41) is 49.0. The maximum absolute atomic E-state index is 11.9. The van der Waals surface area contributed by atoms with E-state index < -0.39 is 97.0 Å². The first-order valence-corrected chi connectivity index (χ1v) is 23.8. The number of hydrogen-bond acceptors (Lipinski definition) is 19. The number of unbranched alkanes of at least 4 members (excludes halogenated alkanes) is 3. The molecule has 1 fully saturated rings. The van der Waals surface area contributed by atoms with Crippen LogP contribution in [0.2, 0.25) is 0 Å². The third kappa shape index (κ3) is 35.0. The molecule has 3 rings (SSSR count). The monoisotopic (exact) mass is 1310 g/mol. The molecular formula is C44H51F3I2N4O23. The number of carbonyl (C=O) groups is 12. The van der Waals surface area contributed by atoms with E-state index in [2.05, 4.69) is 61.0 Å². The van der Waals surface area contributed by atoms with Crippen LogP contribution in [-0.2, 0) is 71.8 Å². The van der Waals surface area contributed by atoms with Crippen molar-refractivity contribution < 1.29 is 131 Å². The van der Waals surface area contributed by atoms with Crippen LogP contribution in [0.25, 0.3) is 0 Å². The minimum absolute atomic E-state index is 0.0658. The van der Waals surface area contributed by atoms with E-state index in [-0.39, 0.29) is 50.8 Å². The number of amides is 4. The molecule has 1 saturated heterocycles. The second-order valence-electron chi connectivity index (χ2n) is 14.6. The lowest BCUT2D eigenvalue weighted by Crippen LogP contribution is -2.50. The lowest BCUT2D eigenvalue weighted by atomic mass is 10.00. The molecule has 1 aliphatic rings. The van der Waals surface area contributed by atoms with Gasteiger partial charge in [-0.15, -0.1) is 5.06 Å². The lowest BCUT2D eigenvalue weighted by Gasteiger charge is -2.17. The number of hydroxylamine groups is 2. The summed E-state index contributed by atoms with van der Waals surface area (Å²) in [4.78, 5) is 152.